The number of carbonyl (C=O) groups is 2. The van der Waals surface area contributed by atoms with Crippen molar-refractivity contribution in [3.05, 3.63) is 122 Å². The summed E-state index contributed by atoms with van der Waals surface area (Å²) < 4.78 is 21.3. The Kier molecular flexibility index (Phi) is 8.47. The molecule has 6 heteroatoms. The SMILES string of the molecule is C=CC(=O)OCCOc1ccc(-c2cc(-c3ccc(OCOC(=O)C=C)cc3)c3ccc4cc(CC)cc5ccc2c3c54)cc1. The molecule has 0 fully saturated rings. The molecular weight excluding hydrogens is 564 g/mol. The van der Waals surface area contributed by atoms with E-state index < -0.39 is 11.9 Å². The molecule has 6 nitrogen and oxygen atoms in total. The standard InChI is InChI=1S/C39H32O6/c1-4-25-21-28-11-17-32-34(26-7-13-30(14-8-26)42-19-20-43-36(40)5-2)23-35(33-18-12-29(22-25)38(28)39(32)33)27-9-15-31(16-10-27)44-24-45-37(41)6-3/h5-18,21-23H,2-4,19-20,24H2,1H3. The van der Waals surface area contributed by atoms with Gasteiger partial charge in [0.2, 0.25) is 6.79 Å². The molecule has 6 aromatic rings. The average Bonchev–Trinajstić information content (AvgIpc) is 3.09. The molecule has 0 bridgehead atoms. The lowest BCUT2D eigenvalue weighted by molar-refractivity contribution is -0.144. The van der Waals surface area contributed by atoms with Gasteiger partial charge >= 0.3 is 11.9 Å². The lowest BCUT2D eigenvalue weighted by atomic mass is 9.85. The fourth-order valence-corrected chi connectivity index (χ4v) is 5.70. The summed E-state index contributed by atoms with van der Waals surface area (Å²) in [6.45, 7) is 9.19. The largest absolute Gasteiger partial charge is 0.490 e. The number of benzene rings is 6. The Morgan fingerprint density at radius 1 is 0.622 bits per heavy atom. The van der Waals surface area contributed by atoms with Crippen LogP contribution in [0.4, 0.5) is 0 Å². The molecular formula is C39H32O6. The maximum Gasteiger partial charge on any atom is 0.333 e. The van der Waals surface area contributed by atoms with Gasteiger partial charge in [-0.15, -0.1) is 0 Å². The monoisotopic (exact) mass is 596 g/mol. The molecule has 0 amide bonds. The van der Waals surface area contributed by atoms with E-state index in [1.807, 2.05) is 36.4 Å². The molecule has 6 aromatic carbocycles. The van der Waals surface area contributed by atoms with E-state index in [1.54, 1.807) is 0 Å². The molecule has 0 N–H and O–H groups in total. The molecule has 0 radical (unpaired) electrons. The first-order chi connectivity index (χ1) is 22.0. The minimum atomic E-state index is -0.535. The Bertz CT molecular complexity index is 2000. The van der Waals surface area contributed by atoms with Gasteiger partial charge in [0.05, 0.1) is 0 Å². The zero-order valence-corrected chi connectivity index (χ0v) is 25.0. The molecule has 0 aromatic heterocycles. The summed E-state index contributed by atoms with van der Waals surface area (Å²) in [5.74, 6) is 0.275. The van der Waals surface area contributed by atoms with Crippen LogP contribution in [0.3, 0.4) is 0 Å². The average molecular weight is 597 g/mol. The highest BCUT2D eigenvalue weighted by molar-refractivity contribution is 6.28. The highest BCUT2D eigenvalue weighted by Crippen LogP contribution is 2.44. The molecule has 6 rings (SSSR count). The summed E-state index contributed by atoms with van der Waals surface area (Å²) in [4.78, 5) is 22.6. The van der Waals surface area contributed by atoms with Gasteiger partial charge < -0.3 is 18.9 Å². The van der Waals surface area contributed by atoms with Crippen molar-refractivity contribution >= 4 is 44.3 Å². The molecule has 0 aliphatic rings. The van der Waals surface area contributed by atoms with Crippen LogP contribution in [-0.2, 0) is 25.5 Å². The molecule has 0 saturated heterocycles. The number of carbonyl (C=O) groups excluding carboxylic acids is 2. The number of aryl methyl sites for hydroxylation is 1. The second-order valence-electron chi connectivity index (χ2n) is 10.5. The third-order valence-electron chi connectivity index (χ3n) is 7.87. The first kappa shape index (κ1) is 29.5. The van der Waals surface area contributed by atoms with Crippen molar-refractivity contribution in [2.24, 2.45) is 0 Å². The summed E-state index contributed by atoms with van der Waals surface area (Å²) >= 11 is 0. The lowest BCUT2D eigenvalue weighted by Crippen LogP contribution is -2.10. The lowest BCUT2D eigenvalue weighted by Gasteiger charge is -2.19. The Labute approximate surface area is 261 Å². The third-order valence-corrected chi connectivity index (χ3v) is 7.87. The molecule has 0 aliphatic carbocycles. The van der Waals surface area contributed by atoms with Gasteiger partial charge in [0.1, 0.15) is 24.7 Å². The molecule has 45 heavy (non-hydrogen) atoms. The van der Waals surface area contributed by atoms with E-state index in [2.05, 4.69) is 74.7 Å². The predicted octanol–water partition coefficient (Wildman–Crippen LogP) is 8.65. The fraction of sp³-hybridized carbons (Fsp3) is 0.128. The Morgan fingerprint density at radius 2 is 1.16 bits per heavy atom. The van der Waals surface area contributed by atoms with Gasteiger partial charge in [-0.05, 0) is 96.9 Å². The van der Waals surface area contributed by atoms with Crippen LogP contribution in [0.5, 0.6) is 11.5 Å². The maximum atomic E-state index is 11.4. The zero-order chi connectivity index (χ0) is 31.3. The number of ether oxygens (including phenoxy) is 4. The second kappa shape index (κ2) is 12.9. The van der Waals surface area contributed by atoms with E-state index in [4.69, 9.17) is 18.9 Å². The molecule has 224 valence electrons. The molecule has 0 atom stereocenters. The third kappa shape index (κ3) is 6.08. The topological polar surface area (TPSA) is 71.1 Å². The van der Waals surface area contributed by atoms with E-state index in [1.165, 1.54) is 37.9 Å². The van der Waals surface area contributed by atoms with Crippen LogP contribution in [0.1, 0.15) is 12.5 Å². The van der Waals surface area contributed by atoms with Crippen LogP contribution in [-0.4, -0.2) is 31.9 Å². The van der Waals surface area contributed by atoms with Gasteiger partial charge in [-0.1, -0.05) is 80.7 Å². The van der Waals surface area contributed by atoms with Crippen LogP contribution in [0.25, 0.3) is 54.6 Å². The van der Waals surface area contributed by atoms with E-state index >= 15 is 0 Å². The quantitative estimate of drug-likeness (QED) is 0.0463. The highest BCUT2D eigenvalue weighted by atomic mass is 16.7. The van der Waals surface area contributed by atoms with Crippen molar-refractivity contribution in [3.8, 4) is 33.8 Å². The van der Waals surface area contributed by atoms with Gasteiger partial charge in [-0.3, -0.25) is 0 Å². The normalized spacial score (nSPS) is 11.0. The highest BCUT2D eigenvalue weighted by Gasteiger charge is 2.17. The first-order valence-electron chi connectivity index (χ1n) is 14.8. The number of esters is 2. The molecule has 0 unspecified atom stereocenters. The molecule has 0 heterocycles. The zero-order valence-electron chi connectivity index (χ0n) is 25.0. The summed E-state index contributed by atoms with van der Waals surface area (Å²) in [6.07, 6.45) is 3.21. The Balaban J connectivity index is 1.41. The van der Waals surface area contributed by atoms with Crippen molar-refractivity contribution in [2.45, 2.75) is 13.3 Å². The van der Waals surface area contributed by atoms with Crippen LogP contribution in [0.2, 0.25) is 0 Å². The summed E-state index contributed by atoms with van der Waals surface area (Å²) in [5.41, 5.74) is 5.60. The van der Waals surface area contributed by atoms with Gasteiger partial charge in [0.15, 0.2) is 0 Å². The van der Waals surface area contributed by atoms with Crippen molar-refractivity contribution in [1.29, 1.82) is 0 Å². The molecule has 0 aliphatic heterocycles. The number of hydrogen-bond donors (Lipinski definition) is 0. The van der Waals surface area contributed by atoms with Crippen molar-refractivity contribution < 1.29 is 28.5 Å². The van der Waals surface area contributed by atoms with Crippen LogP contribution < -0.4 is 9.47 Å². The number of rotatable bonds is 12. The van der Waals surface area contributed by atoms with E-state index in [0.29, 0.717) is 11.5 Å². The smallest absolute Gasteiger partial charge is 0.333 e. The molecule has 0 saturated carbocycles. The Morgan fingerprint density at radius 3 is 1.69 bits per heavy atom. The summed E-state index contributed by atoms with van der Waals surface area (Å²) in [5, 5.41) is 7.27. The van der Waals surface area contributed by atoms with Gasteiger partial charge in [0.25, 0.3) is 0 Å². The second-order valence-corrected chi connectivity index (χ2v) is 10.5. The maximum absolute atomic E-state index is 11.4. The summed E-state index contributed by atoms with van der Waals surface area (Å²) in [6, 6.07) is 31.5. The van der Waals surface area contributed by atoms with Crippen molar-refractivity contribution in [3.63, 3.8) is 0 Å². The van der Waals surface area contributed by atoms with E-state index in [9.17, 15) is 9.59 Å². The minimum absolute atomic E-state index is 0.147. The van der Waals surface area contributed by atoms with Crippen LogP contribution in [0.15, 0.2) is 116 Å². The molecule has 0 spiro atoms. The fourth-order valence-electron chi connectivity index (χ4n) is 5.70. The minimum Gasteiger partial charge on any atom is -0.490 e. The van der Waals surface area contributed by atoms with Crippen LogP contribution >= 0.6 is 0 Å². The van der Waals surface area contributed by atoms with E-state index in [0.717, 1.165) is 40.8 Å². The van der Waals surface area contributed by atoms with Gasteiger partial charge in [-0.25, -0.2) is 9.59 Å². The van der Waals surface area contributed by atoms with Crippen molar-refractivity contribution in [2.75, 3.05) is 20.0 Å². The number of hydrogen-bond acceptors (Lipinski definition) is 6. The van der Waals surface area contributed by atoms with E-state index in [-0.39, 0.29) is 20.0 Å². The van der Waals surface area contributed by atoms with Gasteiger partial charge in [0, 0.05) is 12.2 Å². The Hall–Kier alpha value is -5.62. The summed E-state index contributed by atoms with van der Waals surface area (Å²) in [7, 11) is 0. The van der Waals surface area contributed by atoms with Gasteiger partial charge in [-0.2, -0.15) is 0 Å². The first-order valence-corrected chi connectivity index (χ1v) is 14.8. The van der Waals surface area contributed by atoms with Crippen molar-refractivity contribution in [1.82, 2.24) is 0 Å². The van der Waals surface area contributed by atoms with Crippen LogP contribution in [0, 0.1) is 0 Å². The predicted molar refractivity (Wildman–Crippen MR) is 179 cm³/mol.